The second kappa shape index (κ2) is 9.75. The first-order chi connectivity index (χ1) is 13.6. The lowest BCUT2D eigenvalue weighted by atomic mass is 10.2. The molecule has 3 N–H and O–H groups in total. The summed E-state index contributed by atoms with van der Waals surface area (Å²) in [6, 6.07) is 6.55. The summed E-state index contributed by atoms with van der Waals surface area (Å²) < 4.78 is 10.4. The third-order valence-corrected chi connectivity index (χ3v) is 4.31. The molecular weight excluding hydrogens is 468 g/mol. The van der Waals surface area contributed by atoms with Gasteiger partial charge in [-0.2, -0.15) is 0 Å². The molecule has 2 aromatic rings. The van der Waals surface area contributed by atoms with Crippen LogP contribution in [0.4, 0.5) is 10.6 Å². The first kappa shape index (κ1) is 22.7. The molecule has 0 atom stereocenters. The molecule has 0 spiro atoms. The second-order valence-electron chi connectivity index (χ2n) is 6.80. The number of halogens is 2. The topological polar surface area (TPSA) is 122 Å². The number of aromatic nitrogens is 2. The average Bonchev–Trinajstić information content (AvgIpc) is 2.93. The van der Waals surface area contributed by atoms with Gasteiger partial charge >= 0.3 is 12.1 Å². The zero-order valence-electron chi connectivity index (χ0n) is 16.0. The van der Waals surface area contributed by atoms with Gasteiger partial charge in [0.05, 0.1) is 17.0 Å². The van der Waals surface area contributed by atoms with Gasteiger partial charge in [-0.05, 0) is 48.8 Å². The van der Waals surface area contributed by atoms with Crippen LogP contribution in [0.5, 0.6) is 5.88 Å². The average molecular weight is 488 g/mol. The molecule has 0 saturated heterocycles. The number of nitrogens with zero attached hydrogens (tertiary/aromatic N) is 1. The third-order valence-electron chi connectivity index (χ3n) is 3.24. The van der Waals surface area contributed by atoms with E-state index in [1.54, 1.807) is 45.0 Å². The van der Waals surface area contributed by atoms with Crippen molar-refractivity contribution in [2.45, 2.75) is 32.8 Å². The van der Waals surface area contributed by atoms with Crippen molar-refractivity contribution in [3.63, 3.8) is 0 Å². The van der Waals surface area contributed by atoms with E-state index in [2.05, 4.69) is 36.8 Å². The Morgan fingerprint density at radius 3 is 2.59 bits per heavy atom. The molecule has 0 aliphatic carbocycles. The third kappa shape index (κ3) is 7.06. The number of hydrogen-bond donors (Lipinski definition) is 3. The predicted molar refractivity (Wildman–Crippen MR) is 110 cm³/mol. The number of ether oxygens (including phenoxy) is 2. The minimum Gasteiger partial charge on any atom is -0.460 e. The number of esters is 1. The van der Waals surface area contributed by atoms with E-state index in [-0.39, 0.29) is 34.7 Å². The fourth-order valence-corrected chi connectivity index (χ4v) is 2.65. The zero-order valence-corrected chi connectivity index (χ0v) is 18.3. The van der Waals surface area contributed by atoms with Crippen molar-refractivity contribution in [2.75, 3.05) is 11.9 Å². The summed E-state index contributed by atoms with van der Waals surface area (Å²) in [7, 11) is 0. The molecule has 0 radical (unpaired) electrons. The maximum absolute atomic E-state index is 12.3. The van der Waals surface area contributed by atoms with E-state index in [4.69, 9.17) is 21.1 Å². The predicted octanol–water partition coefficient (Wildman–Crippen LogP) is 3.90. The van der Waals surface area contributed by atoms with E-state index >= 15 is 0 Å². The highest BCUT2D eigenvalue weighted by molar-refractivity contribution is 9.10. The molecule has 0 bridgehead atoms. The molecule has 0 saturated carbocycles. The molecule has 156 valence electrons. The number of nitrogens with one attached hydrogen (secondary N) is 3. The number of benzene rings is 1. The Balaban J connectivity index is 1.87. The summed E-state index contributed by atoms with van der Waals surface area (Å²) in [5, 5.41) is 11.7. The van der Waals surface area contributed by atoms with E-state index in [9.17, 15) is 14.4 Å². The van der Waals surface area contributed by atoms with Crippen LogP contribution in [0.15, 0.2) is 28.7 Å². The Bertz CT molecular complexity index is 910. The zero-order chi connectivity index (χ0) is 21.6. The van der Waals surface area contributed by atoms with Crippen molar-refractivity contribution in [3.8, 4) is 5.88 Å². The van der Waals surface area contributed by atoms with Gasteiger partial charge in [0.25, 0.3) is 11.8 Å². The number of anilines is 1. The smallest absolute Gasteiger partial charge is 0.414 e. The summed E-state index contributed by atoms with van der Waals surface area (Å²) in [4.78, 5) is 35.8. The maximum Gasteiger partial charge on any atom is 0.414 e. The van der Waals surface area contributed by atoms with Gasteiger partial charge in [0, 0.05) is 6.54 Å². The monoisotopic (exact) mass is 486 g/mol. The van der Waals surface area contributed by atoms with Crippen molar-refractivity contribution < 1.29 is 23.9 Å². The Hall–Kier alpha value is -2.59. The number of rotatable bonds is 6. The molecule has 1 heterocycles. The molecule has 0 aliphatic heterocycles. The van der Waals surface area contributed by atoms with E-state index in [1.165, 1.54) is 0 Å². The highest BCUT2D eigenvalue weighted by Crippen LogP contribution is 2.30. The fourth-order valence-electron chi connectivity index (χ4n) is 2.07. The van der Waals surface area contributed by atoms with Gasteiger partial charge in [-0.3, -0.25) is 14.7 Å². The van der Waals surface area contributed by atoms with Gasteiger partial charge < -0.3 is 20.1 Å². The number of aromatic amines is 1. The second-order valence-corrected chi connectivity index (χ2v) is 8.00. The maximum atomic E-state index is 12.3. The Morgan fingerprint density at radius 2 is 1.93 bits per heavy atom. The molecule has 1 aromatic heterocycles. The summed E-state index contributed by atoms with van der Waals surface area (Å²) >= 11 is 9.20. The van der Waals surface area contributed by atoms with Crippen molar-refractivity contribution in [3.05, 3.63) is 39.3 Å². The van der Waals surface area contributed by atoms with Crippen LogP contribution in [0.2, 0.25) is 5.02 Å². The highest BCUT2D eigenvalue weighted by atomic mass is 79.9. The molecule has 2 rings (SSSR count). The van der Waals surface area contributed by atoms with E-state index < -0.39 is 23.6 Å². The minimum absolute atomic E-state index is 0.00670. The number of carbonyl (C=O) groups is 3. The lowest BCUT2D eigenvalue weighted by Crippen LogP contribution is -2.31. The van der Waals surface area contributed by atoms with Gasteiger partial charge in [-0.15, -0.1) is 5.10 Å². The van der Waals surface area contributed by atoms with Crippen molar-refractivity contribution >= 4 is 51.3 Å². The van der Waals surface area contributed by atoms with E-state index in [0.717, 1.165) is 0 Å². The molecule has 0 fully saturated rings. The Morgan fingerprint density at radius 1 is 1.24 bits per heavy atom. The van der Waals surface area contributed by atoms with Crippen LogP contribution in [0.1, 0.15) is 37.6 Å². The van der Waals surface area contributed by atoms with Crippen LogP contribution in [-0.2, 0) is 9.53 Å². The van der Waals surface area contributed by atoms with Gasteiger partial charge in [0.2, 0.25) is 0 Å². The fraction of sp³-hybridized carbons (Fsp3) is 0.333. The van der Waals surface area contributed by atoms with Crippen LogP contribution in [-0.4, -0.2) is 40.3 Å². The summed E-state index contributed by atoms with van der Waals surface area (Å²) in [5.74, 6) is -0.808. The molecule has 0 aliphatic rings. The molecule has 11 heteroatoms. The highest BCUT2D eigenvalue weighted by Gasteiger charge is 2.19. The molecule has 0 unspecified atom stereocenters. The summed E-state index contributed by atoms with van der Waals surface area (Å²) in [6.07, 6.45) is -0.822. The van der Waals surface area contributed by atoms with Crippen molar-refractivity contribution in [2.24, 2.45) is 0 Å². The van der Waals surface area contributed by atoms with Crippen molar-refractivity contribution in [1.82, 2.24) is 15.5 Å². The number of carbonyl (C=O) groups excluding carboxylic acids is 3. The van der Waals surface area contributed by atoms with Crippen LogP contribution in [0.25, 0.3) is 0 Å². The van der Waals surface area contributed by atoms with Crippen LogP contribution in [0.3, 0.4) is 0 Å². The van der Waals surface area contributed by atoms with Gasteiger partial charge in [-0.1, -0.05) is 23.7 Å². The standard InChI is InChI=1S/C18H20BrClN4O5/c1-18(2,3)29-12(25)8-9-21-17(27)28-16-13(19)14(23-24-16)22-15(26)10-6-4-5-7-11(10)20/h4-7H,8-9H2,1-3H3,(H,21,27)(H2,22,23,24,26). The SMILES string of the molecule is CC(C)(C)OC(=O)CCNC(=O)Oc1n[nH]c(NC(=O)c2ccccc2Cl)c1Br. The molecular formula is C18H20BrClN4O5. The van der Waals surface area contributed by atoms with Gasteiger partial charge in [0.1, 0.15) is 15.9 Å². The van der Waals surface area contributed by atoms with Gasteiger partial charge in [0.15, 0.2) is 0 Å². The number of amides is 2. The van der Waals surface area contributed by atoms with Crippen LogP contribution in [0, 0.1) is 0 Å². The molecule has 9 nitrogen and oxygen atoms in total. The van der Waals surface area contributed by atoms with Crippen LogP contribution >= 0.6 is 27.5 Å². The lowest BCUT2D eigenvalue weighted by molar-refractivity contribution is -0.154. The summed E-state index contributed by atoms with van der Waals surface area (Å²) in [6.45, 7) is 5.29. The molecule has 1 aromatic carbocycles. The van der Waals surface area contributed by atoms with Crippen molar-refractivity contribution in [1.29, 1.82) is 0 Å². The largest absolute Gasteiger partial charge is 0.460 e. The Labute approximate surface area is 180 Å². The van der Waals surface area contributed by atoms with Crippen LogP contribution < -0.4 is 15.4 Å². The number of hydrogen-bond acceptors (Lipinski definition) is 6. The van der Waals surface area contributed by atoms with E-state index in [1.807, 2.05) is 0 Å². The first-order valence-corrected chi connectivity index (χ1v) is 9.71. The minimum atomic E-state index is -0.815. The van der Waals surface area contributed by atoms with Gasteiger partial charge in [-0.25, -0.2) is 4.79 Å². The lowest BCUT2D eigenvalue weighted by Gasteiger charge is -2.19. The Kier molecular flexibility index (Phi) is 7.63. The molecule has 2 amide bonds. The normalized spacial score (nSPS) is 10.9. The number of H-pyrrole nitrogens is 1. The quantitative estimate of drug-likeness (QED) is 0.531. The summed E-state index contributed by atoms with van der Waals surface area (Å²) in [5.41, 5.74) is -0.319. The molecule has 29 heavy (non-hydrogen) atoms. The van der Waals surface area contributed by atoms with E-state index in [0.29, 0.717) is 5.02 Å². The first-order valence-electron chi connectivity index (χ1n) is 8.54.